The summed E-state index contributed by atoms with van der Waals surface area (Å²) in [4.78, 5) is 9.34. The van der Waals surface area contributed by atoms with Crippen LogP contribution in [-0.2, 0) is 0 Å². The largest absolute Gasteiger partial charge is 0.370 e. The van der Waals surface area contributed by atoms with E-state index in [1.807, 2.05) is 6.07 Å². The van der Waals surface area contributed by atoms with Gasteiger partial charge in [0.1, 0.15) is 0 Å². The van der Waals surface area contributed by atoms with Crippen molar-refractivity contribution in [1.29, 1.82) is 0 Å². The maximum Gasteiger partial charge on any atom is 0.193 e. The summed E-state index contributed by atoms with van der Waals surface area (Å²) >= 11 is 0. The number of benzene rings is 1. The van der Waals surface area contributed by atoms with Gasteiger partial charge < -0.3 is 16.0 Å². The van der Waals surface area contributed by atoms with Crippen LogP contribution in [0.15, 0.2) is 23.2 Å². The molecule has 1 fully saturated rings. The summed E-state index contributed by atoms with van der Waals surface area (Å²) in [5.74, 6) is 0.490. The molecule has 1 atom stereocenters. The van der Waals surface area contributed by atoms with Crippen LogP contribution in [0, 0.1) is 13.8 Å². The molecule has 130 valence electrons. The molecule has 23 heavy (non-hydrogen) atoms. The van der Waals surface area contributed by atoms with Crippen molar-refractivity contribution in [2.24, 2.45) is 10.7 Å². The molecule has 1 unspecified atom stereocenters. The Bertz CT molecular complexity index is 524. The Morgan fingerprint density at radius 3 is 2.48 bits per heavy atom. The van der Waals surface area contributed by atoms with E-state index in [4.69, 9.17) is 5.73 Å². The number of hydrogen-bond donors (Lipinski definition) is 2. The molecular formula is C17H30IN5. The molecule has 0 bridgehead atoms. The smallest absolute Gasteiger partial charge is 0.193 e. The molecule has 0 radical (unpaired) electrons. The van der Waals surface area contributed by atoms with Gasteiger partial charge in [0.05, 0.1) is 6.54 Å². The molecule has 0 amide bonds. The molecule has 1 aromatic carbocycles. The van der Waals surface area contributed by atoms with E-state index in [2.05, 4.69) is 60.1 Å². The summed E-state index contributed by atoms with van der Waals surface area (Å²) in [7, 11) is 2.17. The van der Waals surface area contributed by atoms with Gasteiger partial charge in [0, 0.05) is 37.9 Å². The third-order valence-electron chi connectivity index (χ3n) is 4.47. The Balaban J connectivity index is 0.00000264. The van der Waals surface area contributed by atoms with Gasteiger partial charge in [-0.25, -0.2) is 0 Å². The number of halogens is 1. The molecule has 0 aliphatic carbocycles. The van der Waals surface area contributed by atoms with Crippen LogP contribution in [0.1, 0.15) is 18.1 Å². The lowest BCUT2D eigenvalue weighted by Gasteiger charge is -2.35. The number of aliphatic imine (C=N–C) groups is 1. The molecular weight excluding hydrogens is 401 g/mol. The molecule has 1 aromatic rings. The first-order valence-electron chi connectivity index (χ1n) is 8.02. The lowest BCUT2D eigenvalue weighted by atomic mass is 10.1. The Labute approximate surface area is 157 Å². The van der Waals surface area contributed by atoms with Crippen molar-refractivity contribution in [2.45, 2.75) is 26.8 Å². The standard InChI is InChI=1S/C17H29N5.HI/c1-13-5-6-16(11-14(13)2)20-17(18)19-12-15(3)22-9-7-21(4)8-10-22;/h5-6,11,15H,7-10,12H2,1-4H3,(H3,18,19,20);1H. The van der Waals surface area contributed by atoms with Crippen LogP contribution in [0.25, 0.3) is 0 Å². The fourth-order valence-corrected chi connectivity index (χ4v) is 2.62. The number of anilines is 1. The molecule has 0 aromatic heterocycles. The predicted molar refractivity (Wildman–Crippen MR) is 110 cm³/mol. The second-order valence-electron chi connectivity index (χ2n) is 6.34. The predicted octanol–water partition coefficient (Wildman–Crippen LogP) is 2.28. The minimum atomic E-state index is 0. The molecule has 1 aliphatic heterocycles. The van der Waals surface area contributed by atoms with Crippen molar-refractivity contribution >= 4 is 35.6 Å². The zero-order valence-electron chi connectivity index (χ0n) is 14.7. The number of piperazine rings is 1. The van der Waals surface area contributed by atoms with E-state index >= 15 is 0 Å². The van der Waals surface area contributed by atoms with Crippen LogP contribution >= 0.6 is 24.0 Å². The van der Waals surface area contributed by atoms with Crippen molar-refractivity contribution in [1.82, 2.24) is 9.80 Å². The highest BCUT2D eigenvalue weighted by atomic mass is 127. The van der Waals surface area contributed by atoms with Gasteiger partial charge in [-0.3, -0.25) is 9.89 Å². The Morgan fingerprint density at radius 1 is 1.22 bits per heavy atom. The lowest BCUT2D eigenvalue weighted by Crippen LogP contribution is -2.49. The minimum absolute atomic E-state index is 0. The van der Waals surface area contributed by atoms with Crippen LogP contribution in [0.5, 0.6) is 0 Å². The van der Waals surface area contributed by atoms with Gasteiger partial charge in [0.25, 0.3) is 0 Å². The normalized spacial score (nSPS) is 18.3. The van der Waals surface area contributed by atoms with E-state index in [-0.39, 0.29) is 24.0 Å². The minimum Gasteiger partial charge on any atom is -0.370 e. The second kappa shape index (κ2) is 9.44. The van der Waals surface area contributed by atoms with Crippen LogP contribution < -0.4 is 11.1 Å². The molecule has 1 heterocycles. The van der Waals surface area contributed by atoms with Crippen molar-refractivity contribution in [3.63, 3.8) is 0 Å². The summed E-state index contributed by atoms with van der Waals surface area (Å²) < 4.78 is 0. The summed E-state index contributed by atoms with van der Waals surface area (Å²) in [5, 5.41) is 3.18. The fraction of sp³-hybridized carbons (Fsp3) is 0.588. The number of nitrogens with zero attached hydrogens (tertiary/aromatic N) is 3. The molecule has 3 N–H and O–H groups in total. The van der Waals surface area contributed by atoms with Crippen LogP contribution in [0.2, 0.25) is 0 Å². The highest BCUT2D eigenvalue weighted by Crippen LogP contribution is 2.13. The monoisotopic (exact) mass is 431 g/mol. The highest BCUT2D eigenvalue weighted by Gasteiger charge is 2.18. The number of guanidine groups is 1. The van der Waals surface area contributed by atoms with E-state index in [0.29, 0.717) is 12.0 Å². The van der Waals surface area contributed by atoms with Crippen LogP contribution in [-0.4, -0.2) is 61.6 Å². The number of rotatable bonds is 4. The van der Waals surface area contributed by atoms with Crippen molar-refractivity contribution in [3.05, 3.63) is 29.3 Å². The third-order valence-corrected chi connectivity index (χ3v) is 4.47. The first-order chi connectivity index (χ1) is 10.5. The van der Waals surface area contributed by atoms with E-state index in [1.54, 1.807) is 0 Å². The number of nitrogens with one attached hydrogen (secondary N) is 1. The molecule has 0 saturated carbocycles. The molecule has 5 nitrogen and oxygen atoms in total. The first-order valence-corrected chi connectivity index (χ1v) is 8.02. The highest BCUT2D eigenvalue weighted by molar-refractivity contribution is 14.0. The van der Waals surface area contributed by atoms with Gasteiger partial charge in [-0.2, -0.15) is 0 Å². The van der Waals surface area contributed by atoms with E-state index < -0.39 is 0 Å². The Morgan fingerprint density at radius 2 is 1.87 bits per heavy atom. The number of nitrogens with two attached hydrogens (primary N) is 1. The first kappa shape index (κ1) is 20.2. The summed E-state index contributed by atoms with van der Waals surface area (Å²) in [5.41, 5.74) is 9.54. The quantitative estimate of drug-likeness (QED) is 0.437. The SMILES string of the molecule is Cc1ccc(NC(N)=NCC(C)N2CCN(C)CC2)cc1C.I. The van der Waals surface area contributed by atoms with Gasteiger partial charge in [-0.05, 0) is 51.1 Å². The average Bonchev–Trinajstić information content (AvgIpc) is 2.49. The molecule has 2 rings (SSSR count). The van der Waals surface area contributed by atoms with Crippen LogP contribution in [0.3, 0.4) is 0 Å². The molecule has 6 heteroatoms. The third kappa shape index (κ3) is 6.27. The maximum atomic E-state index is 6.01. The number of hydrogen-bond acceptors (Lipinski definition) is 3. The molecule has 0 spiro atoms. The average molecular weight is 431 g/mol. The molecule has 1 aliphatic rings. The lowest BCUT2D eigenvalue weighted by molar-refractivity contribution is 0.122. The van der Waals surface area contributed by atoms with Gasteiger partial charge >= 0.3 is 0 Å². The van der Waals surface area contributed by atoms with Crippen LogP contribution in [0.4, 0.5) is 5.69 Å². The molecule has 1 saturated heterocycles. The van der Waals surface area contributed by atoms with Gasteiger partial charge in [-0.15, -0.1) is 24.0 Å². The van der Waals surface area contributed by atoms with Gasteiger partial charge in [0.2, 0.25) is 0 Å². The maximum absolute atomic E-state index is 6.01. The van der Waals surface area contributed by atoms with E-state index in [1.165, 1.54) is 11.1 Å². The summed E-state index contributed by atoms with van der Waals surface area (Å²) in [6, 6.07) is 6.66. The fourth-order valence-electron chi connectivity index (χ4n) is 2.62. The topological polar surface area (TPSA) is 56.9 Å². The number of aryl methyl sites for hydroxylation is 2. The summed E-state index contributed by atoms with van der Waals surface area (Å²) in [6.45, 7) is 11.6. The van der Waals surface area contributed by atoms with Gasteiger partial charge in [-0.1, -0.05) is 6.07 Å². The van der Waals surface area contributed by atoms with E-state index in [0.717, 1.165) is 38.4 Å². The van der Waals surface area contributed by atoms with Crippen molar-refractivity contribution in [3.8, 4) is 0 Å². The Kier molecular flexibility index (Phi) is 8.28. The Hall–Kier alpha value is -0.860. The zero-order valence-corrected chi connectivity index (χ0v) is 17.0. The van der Waals surface area contributed by atoms with Crippen molar-refractivity contribution in [2.75, 3.05) is 45.1 Å². The zero-order chi connectivity index (χ0) is 16.1. The van der Waals surface area contributed by atoms with Crippen molar-refractivity contribution < 1.29 is 0 Å². The number of likely N-dealkylation sites (N-methyl/N-ethyl adjacent to an activating group) is 1. The van der Waals surface area contributed by atoms with E-state index in [9.17, 15) is 0 Å². The second-order valence-corrected chi connectivity index (χ2v) is 6.34. The summed E-state index contributed by atoms with van der Waals surface area (Å²) in [6.07, 6.45) is 0. The van der Waals surface area contributed by atoms with Gasteiger partial charge in [0.15, 0.2) is 5.96 Å².